The number of benzene rings is 1. The van der Waals surface area contributed by atoms with Gasteiger partial charge in [0.05, 0.1) is 4.91 Å². The first-order valence-corrected chi connectivity index (χ1v) is 8.99. The lowest BCUT2D eigenvalue weighted by Crippen LogP contribution is -2.44. The molecule has 2 heterocycles. The van der Waals surface area contributed by atoms with E-state index < -0.39 is 5.91 Å². The fraction of sp³-hybridized carbons (Fsp3) is 0.0526. The molecule has 1 saturated heterocycles. The Labute approximate surface area is 160 Å². The van der Waals surface area contributed by atoms with Gasteiger partial charge >= 0.3 is 0 Å². The molecule has 1 aliphatic rings. The van der Waals surface area contributed by atoms with E-state index in [9.17, 15) is 9.59 Å². The lowest BCUT2D eigenvalue weighted by molar-refractivity contribution is -0.123. The van der Waals surface area contributed by atoms with Gasteiger partial charge < -0.3 is 0 Å². The summed E-state index contributed by atoms with van der Waals surface area (Å²) in [5.41, 5.74) is 4.90. The Morgan fingerprint density at radius 2 is 1.88 bits per heavy atom. The van der Waals surface area contributed by atoms with Gasteiger partial charge in [-0.2, -0.15) is 5.01 Å². The molecular weight excluding hydrogens is 366 g/mol. The summed E-state index contributed by atoms with van der Waals surface area (Å²) >= 11 is 6.39. The van der Waals surface area contributed by atoms with Crippen LogP contribution in [0.1, 0.15) is 22.8 Å². The van der Waals surface area contributed by atoms with E-state index >= 15 is 0 Å². The largest absolute Gasteiger partial charge is 0.285 e. The predicted octanol–water partition coefficient (Wildman–Crippen LogP) is 3.57. The highest BCUT2D eigenvalue weighted by Crippen LogP contribution is 2.31. The molecule has 0 bridgehead atoms. The normalized spacial score (nSPS) is 16.3. The summed E-state index contributed by atoms with van der Waals surface area (Å²) in [6.07, 6.45) is 6.76. The van der Waals surface area contributed by atoms with Gasteiger partial charge in [-0.25, -0.2) is 0 Å². The van der Waals surface area contributed by atoms with Crippen molar-refractivity contribution in [2.45, 2.75) is 6.92 Å². The predicted molar refractivity (Wildman–Crippen MR) is 107 cm³/mol. The van der Waals surface area contributed by atoms with Crippen molar-refractivity contribution in [3.8, 4) is 0 Å². The number of carbonyl (C=O) groups is 2. The minimum absolute atomic E-state index is 0.288. The Balaban J connectivity index is 1.74. The molecule has 0 aliphatic carbocycles. The van der Waals surface area contributed by atoms with E-state index in [1.165, 1.54) is 12.4 Å². The van der Waals surface area contributed by atoms with Gasteiger partial charge in [-0.05, 0) is 48.5 Å². The van der Waals surface area contributed by atoms with Crippen molar-refractivity contribution in [1.29, 1.82) is 0 Å². The van der Waals surface area contributed by atoms with Crippen LogP contribution in [-0.2, 0) is 4.79 Å². The van der Waals surface area contributed by atoms with E-state index in [4.69, 9.17) is 12.2 Å². The zero-order valence-electron chi connectivity index (χ0n) is 13.9. The number of hydrogen-bond acceptors (Lipinski definition) is 5. The SMILES string of the molecule is CC(=C\c1ccccc1)/C=C1/SC(=S)N(NC(=O)c2ccncc2)C1=O. The molecule has 0 unspecified atom stereocenters. The molecule has 26 heavy (non-hydrogen) atoms. The van der Waals surface area contributed by atoms with Crippen molar-refractivity contribution in [1.82, 2.24) is 15.4 Å². The van der Waals surface area contributed by atoms with Crippen molar-refractivity contribution in [3.05, 3.63) is 82.5 Å². The number of nitrogens with one attached hydrogen (secondary N) is 1. The number of amides is 2. The topological polar surface area (TPSA) is 62.3 Å². The number of hydrazine groups is 1. The van der Waals surface area contributed by atoms with Crippen LogP contribution in [0, 0.1) is 0 Å². The molecule has 3 rings (SSSR count). The summed E-state index contributed by atoms with van der Waals surface area (Å²) in [6, 6.07) is 12.9. The Bertz CT molecular complexity index is 909. The summed E-state index contributed by atoms with van der Waals surface area (Å²) in [5.74, 6) is -0.760. The number of rotatable bonds is 4. The second-order valence-corrected chi connectivity index (χ2v) is 7.17. The molecule has 0 spiro atoms. The van der Waals surface area contributed by atoms with Gasteiger partial charge in [-0.1, -0.05) is 48.2 Å². The molecule has 1 N–H and O–H groups in total. The summed E-state index contributed by atoms with van der Waals surface area (Å²) in [6.45, 7) is 1.91. The fourth-order valence-electron chi connectivity index (χ4n) is 2.29. The number of nitrogens with zero attached hydrogens (tertiary/aromatic N) is 2. The first kappa shape index (κ1) is 18.0. The summed E-state index contributed by atoms with van der Waals surface area (Å²) in [7, 11) is 0. The van der Waals surface area contributed by atoms with Crippen LogP contribution in [0.3, 0.4) is 0 Å². The van der Waals surface area contributed by atoms with Gasteiger partial charge in [0.2, 0.25) is 0 Å². The van der Waals surface area contributed by atoms with Gasteiger partial charge in [0, 0.05) is 18.0 Å². The van der Waals surface area contributed by atoms with Crippen molar-refractivity contribution >= 4 is 46.2 Å². The second-order valence-electron chi connectivity index (χ2n) is 5.49. The van der Waals surface area contributed by atoms with E-state index in [0.717, 1.165) is 27.9 Å². The number of allylic oxidation sites excluding steroid dienone is 2. The molecule has 0 saturated carbocycles. The smallest absolute Gasteiger partial charge is 0.267 e. The number of hydrogen-bond donors (Lipinski definition) is 1. The second kappa shape index (κ2) is 8.07. The minimum atomic E-state index is -0.415. The van der Waals surface area contributed by atoms with Gasteiger partial charge in [-0.3, -0.25) is 20.0 Å². The molecule has 2 amide bonds. The first-order valence-electron chi connectivity index (χ1n) is 7.77. The summed E-state index contributed by atoms with van der Waals surface area (Å²) in [4.78, 5) is 29.1. The van der Waals surface area contributed by atoms with Crippen LogP contribution in [0.25, 0.3) is 6.08 Å². The van der Waals surface area contributed by atoms with E-state index in [1.54, 1.807) is 18.2 Å². The first-order chi connectivity index (χ1) is 12.5. The van der Waals surface area contributed by atoms with E-state index in [2.05, 4.69) is 10.4 Å². The molecule has 5 nitrogen and oxygen atoms in total. The van der Waals surface area contributed by atoms with Gasteiger partial charge in [-0.15, -0.1) is 0 Å². The summed E-state index contributed by atoms with van der Waals surface area (Å²) < 4.78 is 0.288. The third-order valence-electron chi connectivity index (χ3n) is 3.50. The van der Waals surface area contributed by atoms with Crippen molar-refractivity contribution in [2.24, 2.45) is 0 Å². The van der Waals surface area contributed by atoms with E-state index in [0.29, 0.717) is 10.5 Å². The highest BCUT2D eigenvalue weighted by atomic mass is 32.2. The minimum Gasteiger partial charge on any atom is -0.267 e. The van der Waals surface area contributed by atoms with Crippen LogP contribution in [0.2, 0.25) is 0 Å². The molecule has 130 valence electrons. The maximum Gasteiger partial charge on any atom is 0.285 e. The fourth-order valence-corrected chi connectivity index (χ4v) is 3.52. The Kier molecular flexibility index (Phi) is 5.60. The molecule has 0 radical (unpaired) electrons. The maximum absolute atomic E-state index is 12.6. The van der Waals surface area contributed by atoms with Crippen molar-refractivity contribution in [2.75, 3.05) is 0 Å². The number of carbonyl (C=O) groups excluding carboxylic acids is 2. The molecular formula is C19H15N3O2S2. The Hall–Kier alpha value is -2.77. The Morgan fingerprint density at radius 3 is 2.58 bits per heavy atom. The lowest BCUT2D eigenvalue weighted by atomic mass is 10.1. The van der Waals surface area contributed by atoms with Crippen molar-refractivity contribution < 1.29 is 9.59 Å². The highest BCUT2D eigenvalue weighted by Gasteiger charge is 2.33. The van der Waals surface area contributed by atoms with E-state index in [-0.39, 0.29) is 10.2 Å². The summed E-state index contributed by atoms with van der Waals surface area (Å²) in [5, 5.41) is 1.10. The number of aromatic nitrogens is 1. The monoisotopic (exact) mass is 381 g/mol. The standard InChI is InChI=1S/C19H15N3O2S2/c1-13(11-14-5-3-2-4-6-14)12-16-18(24)22(19(25)26-16)21-17(23)15-7-9-20-10-8-15/h2-12H,1H3,(H,21,23)/b13-11+,16-12+. The molecule has 1 fully saturated rings. The van der Waals surface area contributed by atoms with E-state index in [1.807, 2.05) is 43.3 Å². The Morgan fingerprint density at radius 1 is 1.19 bits per heavy atom. The average molecular weight is 381 g/mol. The maximum atomic E-state index is 12.6. The highest BCUT2D eigenvalue weighted by molar-refractivity contribution is 8.26. The van der Waals surface area contributed by atoms with Gasteiger partial charge in [0.25, 0.3) is 11.8 Å². The van der Waals surface area contributed by atoms with Crippen LogP contribution in [0.4, 0.5) is 0 Å². The van der Waals surface area contributed by atoms with Crippen molar-refractivity contribution in [3.63, 3.8) is 0 Å². The van der Waals surface area contributed by atoms with Crippen LogP contribution in [-0.4, -0.2) is 26.1 Å². The number of pyridine rings is 1. The molecule has 0 atom stereocenters. The van der Waals surface area contributed by atoms with Crippen LogP contribution < -0.4 is 5.43 Å². The average Bonchev–Trinajstić information content (AvgIpc) is 2.90. The molecule has 2 aromatic rings. The number of thiocarbonyl (C=S) groups is 1. The lowest BCUT2D eigenvalue weighted by Gasteiger charge is -2.15. The quantitative estimate of drug-likeness (QED) is 0.648. The van der Waals surface area contributed by atoms with Crippen LogP contribution >= 0.6 is 24.0 Å². The third-order valence-corrected chi connectivity index (χ3v) is 4.80. The van der Waals surface area contributed by atoms with Gasteiger partial charge in [0.1, 0.15) is 0 Å². The zero-order valence-corrected chi connectivity index (χ0v) is 15.5. The third kappa shape index (κ3) is 4.25. The van der Waals surface area contributed by atoms with Gasteiger partial charge in [0.15, 0.2) is 4.32 Å². The molecule has 1 aromatic carbocycles. The molecule has 7 heteroatoms. The van der Waals surface area contributed by atoms with Crippen LogP contribution in [0.5, 0.6) is 0 Å². The molecule has 1 aliphatic heterocycles. The zero-order chi connectivity index (χ0) is 18.5. The molecule has 1 aromatic heterocycles. The number of thioether (sulfide) groups is 1. The van der Waals surface area contributed by atoms with Crippen LogP contribution in [0.15, 0.2) is 71.4 Å².